The third-order valence-corrected chi connectivity index (χ3v) is 11.1. The minimum atomic E-state index is -1.18. The largest absolute Gasteiger partial charge is 0.494 e. The summed E-state index contributed by atoms with van der Waals surface area (Å²) in [5.41, 5.74) is 8.54. The van der Waals surface area contributed by atoms with Crippen LogP contribution in [0, 0.1) is 31.6 Å². The van der Waals surface area contributed by atoms with Gasteiger partial charge in [-0.1, -0.05) is 24.0 Å². The van der Waals surface area contributed by atoms with E-state index >= 15 is 0 Å². The number of rotatable bonds is 15. The first-order valence-corrected chi connectivity index (χ1v) is 22.5. The number of nitrogens with two attached hydrogens (primary N) is 1. The predicted molar refractivity (Wildman–Crippen MR) is 256 cm³/mol. The number of hydrogen-bond acceptors (Lipinski definition) is 12. The molecule has 0 radical (unpaired) electrons. The van der Waals surface area contributed by atoms with Gasteiger partial charge in [-0.25, -0.2) is 19.6 Å². The average Bonchev–Trinajstić information content (AvgIpc) is 4.07. The molecule has 0 aliphatic carbocycles. The zero-order valence-corrected chi connectivity index (χ0v) is 39.9. The van der Waals surface area contributed by atoms with Crippen molar-refractivity contribution in [2.24, 2.45) is 11.7 Å². The summed E-state index contributed by atoms with van der Waals surface area (Å²) in [6, 6.07) is 9.11. The van der Waals surface area contributed by atoms with Crippen molar-refractivity contribution in [1.82, 2.24) is 43.6 Å². The Labute approximate surface area is 397 Å². The van der Waals surface area contributed by atoms with Gasteiger partial charge in [-0.15, -0.1) is 0 Å². The molecule has 5 heterocycles. The number of likely N-dealkylation sites (tertiary alicyclic amines) is 1. The van der Waals surface area contributed by atoms with Crippen molar-refractivity contribution in [3.63, 3.8) is 0 Å². The molecule has 0 spiro atoms. The number of aromatic nitrogens is 8. The number of fused-ring (bicyclic) bond motifs is 2. The number of benzene rings is 2. The molecule has 69 heavy (non-hydrogen) atoms. The zero-order chi connectivity index (χ0) is 49.7. The summed E-state index contributed by atoms with van der Waals surface area (Å²) in [7, 11) is 1.41. The van der Waals surface area contributed by atoms with Crippen LogP contribution in [0.25, 0.3) is 22.1 Å². The van der Waals surface area contributed by atoms with E-state index in [4.69, 9.17) is 24.9 Å². The third-order valence-electron chi connectivity index (χ3n) is 11.1. The maximum atomic E-state index is 13.9. The van der Waals surface area contributed by atoms with Crippen molar-refractivity contribution in [1.29, 1.82) is 0 Å². The molecule has 362 valence electrons. The van der Waals surface area contributed by atoms with Gasteiger partial charge in [0, 0.05) is 50.7 Å². The Morgan fingerprint density at radius 2 is 1.36 bits per heavy atom. The number of carbonyl (C=O) groups is 5. The molecular weight excluding hydrogens is 889 g/mol. The molecule has 6 aromatic rings. The van der Waals surface area contributed by atoms with Gasteiger partial charge in [-0.05, 0) is 97.7 Å². The summed E-state index contributed by atoms with van der Waals surface area (Å²) in [6.07, 6.45) is 4.76. The summed E-state index contributed by atoms with van der Waals surface area (Å²) in [6.45, 7) is 14.7. The fourth-order valence-corrected chi connectivity index (χ4v) is 8.05. The molecule has 0 bridgehead atoms. The van der Waals surface area contributed by atoms with E-state index in [-0.39, 0.29) is 71.7 Å². The molecule has 0 saturated carbocycles. The molecule has 1 aliphatic heterocycles. The number of ether oxygens (including phenoxy) is 3. The molecule has 2 aromatic carbocycles. The third kappa shape index (κ3) is 11.0. The van der Waals surface area contributed by atoms with Gasteiger partial charge in [0.1, 0.15) is 46.1 Å². The first kappa shape index (κ1) is 48.8. The van der Waals surface area contributed by atoms with Gasteiger partial charge in [0.15, 0.2) is 0 Å². The normalized spacial score (nSPS) is 13.9. The second-order valence-corrected chi connectivity index (χ2v) is 17.4. The smallest absolute Gasteiger partial charge is 0.410 e. The Kier molecular flexibility index (Phi) is 14.4. The van der Waals surface area contributed by atoms with Crippen molar-refractivity contribution in [2.45, 2.75) is 93.1 Å². The Morgan fingerprint density at radius 1 is 0.826 bits per heavy atom. The van der Waals surface area contributed by atoms with E-state index in [2.05, 4.69) is 37.7 Å². The first-order valence-electron chi connectivity index (χ1n) is 22.5. The molecule has 5 N–H and O–H groups in total. The van der Waals surface area contributed by atoms with E-state index in [1.165, 1.54) is 31.4 Å². The number of aryl methyl sites for hydroxylation is 4. The minimum absolute atomic E-state index is 0.0573. The van der Waals surface area contributed by atoms with Gasteiger partial charge >= 0.3 is 12.1 Å². The number of anilines is 2. The van der Waals surface area contributed by atoms with Crippen LogP contribution in [0.5, 0.6) is 11.5 Å². The maximum Gasteiger partial charge on any atom is 0.410 e. The van der Waals surface area contributed by atoms with Gasteiger partial charge in [0.2, 0.25) is 17.8 Å². The van der Waals surface area contributed by atoms with Gasteiger partial charge < -0.3 is 39.1 Å². The predicted octanol–water partition coefficient (Wildman–Crippen LogP) is 6.03. The molecular formula is C48H56N12O9. The lowest BCUT2D eigenvalue weighted by Gasteiger charge is -2.32. The lowest BCUT2D eigenvalue weighted by Crippen LogP contribution is -2.42. The van der Waals surface area contributed by atoms with Gasteiger partial charge in [0.25, 0.3) is 11.8 Å². The summed E-state index contributed by atoms with van der Waals surface area (Å²) in [5.74, 6) is 4.00. The Balaban J connectivity index is 1.24. The van der Waals surface area contributed by atoms with Gasteiger partial charge in [-0.2, -0.15) is 10.2 Å². The van der Waals surface area contributed by atoms with Crippen LogP contribution in [0.2, 0.25) is 0 Å². The van der Waals surface area contributed by atoms with Crippen molar-refractivity contribution in [3.8, 4) is 23.3 Å². The number of carboxylic acid groups (broad SMARTS) is 1. The lowest BCUT2D eigenvalue weighted by atomic mass is 9.99. The van der Waals surface area contributed by atoms with Crippen molar-refractivity contribution in [2.75, 3.05) is 37.4 Å². The summed E-state index contributed by atoms with van der Waals surface area (Å²) in [5, 5.41) is 24.5. The molecule has 1 aliphatic rings. The molecule has 1 fully saturated rings. The number of hydrogen-bond donors (Lipinski definition) is 4. The van der Waals surface area contributed by atoms with E-state index < -0.39 is 29.3 Å². The highest BCUT2D eigenvalue weighted by atomic mass is 16.6. The van der Waals surface area contributed by atoms with E-state index in [0.29, 0.717) is 65.5 Å². The first-order chi connectivity index (χ1) is 32.9. The average molecular weight is 945 g/mol. The highest BCUT2D eigenvalue weighted by Crippen LogP contribution is 2.33. The van der Waals surface area contributed by atoms with Crippen LogP contribution in [-0.4, -0.2) is 111 Å². The molecule has 21 heteroatoms. The van der Waals surface area contributed by atoms with Crippen LogP contribution in [0.1, 0.15) is 101 Å². The van der Waals surface area contributed by atoms with Crippen molar-refractivity contribution >= 4 is 63.7 Å². The van der Waals surface area contributed by atoms with E-state index in [0.717, 1.165) is 12.8 Å². The van der Waals surface area contributed by atoms with E-state index in [1.54, 1.807) is 61.5 Å². The number of methoxy groups -OCH3 is 1. The number of aromatic carboxylic acids is 1. The van der Waals surface area contributed by atoms with Crippen LogP contribution in [0.15, 0.2) is 48.6 Å². The number of imidazole rings is 2. The number of nitrogens with one attached hydrogen (secondary N) is 2. The highest BCUT2D eigenvalue weighted by molar-refractivity contribution is 6.05. The SMILES string of the molecule is CCn1nc(C)cc1C(=O)Nc1nc2cc(C(=O)O)cc(OC)c2n1CC=CCn1c(NC(=O)c2cc(C)nn2CC)nc2cc(C(N)=O)cc(OCC#CC3CCCN(C(=O)OC(C)(C)C)C3)c21. The Morgan fingerprint density at radius 3 is 1.87 bits per heavy atom. The molecule has 1 atom stereocenters. The number of allylic oxidation sites excluding steroid dienone is 2. The van der Waals surface area contributed by atoms with Crippen LogP contribution >= 0.6 is 0 Å². The monoisotopic (exact) mass is 944 g/mol. The van der Waals surface area contributed by atoms with E-state index in [1.807, 2.05) is 34.6 Å². The zero-order valence-electron chi connectivity index (χ0n) is 39.9. The minimum Gasteiger partial charge on any atom is -0.494 e. The molecule has 4 amide bonds. The van der Waals surface area contributed by atoms with Crippen LogP contribution in [0.4, 0.5) is 16.7 Å². The van der Waals surface area contributed by atoms with Gasteiger partial charge in [-0.3, -0.25) is 34.4 Å². The second-order valence-electron chi connectivity index (χ2n) is 17.4. The topological polar surface area (TPSA) is 258 Å². The molecule has 1 unspecified atom stereocenters. The standard InChI is InChI=1S/C48H56N12O9/c1-9-59-35(21-28(3)54-59)42(62)52-45-51-34-24-32(44(64)65)26-37(67-8)39(34)57(45)18-11-12-19-58-40-33(50-46(58)53-43(63)36-22-29(4)55-60(36)10-2)23-31(41(49)61)25-38(40)68-20-14-16-30-15-13-17-56(27-30)47(66)69-48(5,6)7/h11-12,21-26,30H,9-10,13,15,17-20,27H2,1-8H3,(H2,49,61)(H,64,65)(H,50,53,63)(H,51,52,62). The maximum absolute atomic E-state index is 13.9. The van der Waals surface area contributed by atoms with Crippen molar-refractivity contribution < 1.29 is 43.3 Å². The van der Waals surface area contributed by atoms with E-state index in [9.17, 15) is 29.1 Å². The van der Waals surface area contributed by atoms with Crippen LogP contribution in [-0.2, 0) is 30.9 Å². The molecule has 1 saturated heterocycles. The number of primary amides is 1. The number of carboxylic acids is 1. The number of amides is 4. The molecule has 21 nitrogen and oxygen atoms in total. The summed E-state index contributed by atoms with van der Waals surface area (Å²) in [4.78, 5) is 76.2. The summed E-state index contributed by atoms with van der Waals surface area (Å²) < 4.78 is 24.1. The second kappa shape index (κ2) is 20.4. The number of piperidine rings is 1. The Bertz CT molecular complexity index is 3070. The molecule has 7 rings (SSSR count). The van der Waals surface area contributed by atoms with Gasteiger partial charge in [0.05, 0.1) is 35.1 Å². The molecule has 4 aromatic heterocycles. The lowest BCUT2D eigenvalue weighted by molar-refractivity contribution is 0.0189. The highest BCUT2D eigenvalue weighted by Gasteiger charge is 2.28. The number of carbonyl (C=O) groups excluding carboxylic acids is 4. The summed E-state index contributed by atoms with van der Waals surface area (Å²) >= 11 is 0. The Hall–Kier alpha value is -8.15. The number of nitrogens with zero attached hydrogens (tertiary/aromatic N) is 9. The fraction of sp³-hybridized carbons (Fsp3) is 0.396. The quantitative estimate of drug-likeness (QED) is 0.0678. The van der Waals surface area contributed by atoms with Crippen molar-refractivity contribution in [3.05, 3.63) is 82.5 Å². The van der Waals surface area contributed by atoms with Crippen LogP contribution < -0.4 is 25.8 Å². The van der Waals surface area contributed by atoms with Crippen LogP contribution in [0.3, 0.4) is 0 Å². The fourth-order valence-electron chi connectivity index (χ4n) is 8.05.